The lowest BCUT2D eigenvalue weighted by atomic mass is 10.0. The van der Waals surface area contributed by atoms with Gasteiger partial charge in [0.05, 0.1) is 5.69 Å². The van der Waals surface area contributed by atoms with Crippen LogP contribution in [0.3, 0.4) is 0 Å². The lowest BCUT2D eigenvalue weighted by molar-refractivity contribution is 0.361. The third kappa shape index (κ3) is 2.58. The van der Waals surface area contributed by atoms with E-state index in [2.05, 4.69) is 38.9 Å². The SMILES string of the molecule is CCC[C@@H](C)c1cc(C(C)C)on1. The Balaban J connectivity index is 2.67. The van der Waals surface area contributed by atoms with E-state index in [0.717, 1.165) is 11.5 Å². The highest BCUT2D eigenvalue weighted by Crippen LogP contribution is 2.23. The van der Waals surface area contributed by atoms with E-state index in [9.17, 15) is 0 Å². The summed E-state index contributed by atoms with van der Waals surface area (Å²) in [6.45, 7) is 8.63. The molecule has 1 aromatic heterocycles. The highest BCUT2D eigenvalue weighted by atomic mass is 16.5. The second kappa shape index (κ2) is 4.45. The first-order valence-electron chi connectivity index (χ1n) is 5.11. The minimum atomic E-state index is 0.440. The van der Waals surface area contributed by atoms with Crippen LogP contribution in [0, 0.1) is 0 Å². The van der Waals surface area contributed by atoms with Crippen molar-refractivity contribution < 1.29 is 4.52 Å². The van der Waals surface area contributed by atoms with E-state index in [1.165, 1.54) is 12.8 Å². The van der Waals surface area contributed by atoms with Crippen LogP contribution in [0.1, 0.15) is 63.8 Å². The summed E-state index contributed by atoms with van der Waals surface area (Å²) in [5.74, 6) is 1.97. The molecule has 0 unspecified atom stereocenters. The minimum Gasteiger partial charge on any atom is -0.361 e. The molecule has 2 nitrogen and oxygen atoms in total. The van der Waals surface area contributed by atoms with Crippen molar-refractivity contribution in [2.45, 2.75) is 52.4 Å². The van der Waals surface area contributed by atoms with E-state index in [1.807, 2.05) is 0 Å². The Bertz CT molecular complexity index is 252. The molecule has 0 N–H and O–H groups in total. The van der Waals surface area contributed by atoms with Gasteiger partial charge in [-0.25, -0.2) is 0 Å². The Hall–Kier alpha value is -0.790. The van der Waals surface area contributed by atoms with E-state index < -0.39 is 0 Å². The summed E-state index contributed by atoms with van der Waals surface area (Å²) in [5, 5.41) is 4.08. The molecule has 0 fully saturated rings. The van der Waals surface area contributed by atoms with Gasteiger partial charge in [-0.1, -0.05) is 39.3 Å². The van der Waals surface area contributed by atoms with Crippen molar-refractivity contribution in [2.75, 3.05) is 0 Å². The van der Waals surface area contributed by atoms with Crippen molar-refractivity contribution in [3.63, 3.8) is 0 Å². The van der Waals surface area contributed by atoms with Gasteiger partial charge in [0.25, 0.3) is 0 Å². The van der Waals surface area contributed by atoms with Crippen LogP contribution in [-0.2, 0) is 0 Å². The smallest absolute Gasteiger partial charge is 0.139 e. The second-order valence-electron chi connectivity index (χ2n) is 4.00. The molecule has 0 bridgehead atoms. The van der Waals surface area contributed by atoms with Gasteiger partial charge in [-0.05, 0) is 6.42 Å². The van der Waals surface area contributed by atoms with E-state index in [4.69, 9.17) is 4.52 Å². The summed E-state index contributed by atoms with van der Waals surface area (Å²) in [6, 6.07) is 2.09. The van der Waals surface area contributed by atoms with Crippen LogP contribution < -0.4 is 0 Å². The Labute approximate surface area is 80.3 Å². The summed E-state index contributed by atoms with van der Waals surface area (Å²) in [6.07, 6.45) is 2.38. The zero-order valence-corrected chi connectivity index (χ0v) is 9.00. The average Bonchev–Trinajstić information content (AvgIpc) is 2.52. The fourth-order valence-electron chi connectivity index (χ4n) is 1.39. The highest BCUT2D eigenvalue weighted by Gasteiger charge is 2.12. The predicted molar refractivity (Wildman–Crippen MR) is 53.9 cm³/mol. The van der Waals surface area contributed by atoms with Gasteiger partial charge in [0.15, 0.2) is 0 Å². The summed E-state index contributed by atoms with van der Waals surface area (Å²) in [7, 11) is 0. The summed E-state index contributed by atoms with van der Waals surface area (Å²) in [4.78, 5) is 0. The third-order valence-corrected chi connectivity index (χ3v) is 2.34. The Morgan fingerprint density at radius 1 is 1.38 bits per heavy atom. The zero-order chi connectivity index (χ0) is 9.84. The monoisotopic (exact) mass is 181 g/mol. The standard InChI is InChI=1S/C11H19NO/c1-5-6-9(4)10-7-11(8(2)3)13-12-10/h7-9H,5-6H2,1-4H3/t9-/m1/s1. The van der Waals surface area contributed by atoms with Gasteiger partial charge in [0.2, 0.25) is 0 Å². The maximum Gasteiger partial charge on any atom is 0.139 e. The van der Waals surface area contributed by atoms with Crippen LogP contribution in [0.15, 0.2) is 10.6 Å². The summed E-state index contributed by atoms with van der Waals surface area (Å²) >= 11 is 0. The van der Waals surface area contributed by atoms with Crippen LogP contribution in [0.25, 0.3) is 0 Å². The summed E-state index contributed by atoms with van der Waals surface area (Å²) < 4.78 is 5.24. The molecule has 13 heavy (non-hydrogen) atoms. The first kappa shape index (κ1) is 10.3. The number of rotatable bonds is 4. The third-order valence-electron chi connectivity index (χ3n) is 2.34. The van der Waals surface area contributed by atoms with Crippen molar-refractivity contribution in [3.8, 4) is 0 Å². The van der Waals surface area contributed by atoms with Gasteiger partial charge in [-0.3, -0.25) is 0 Å². The fraction of sp³-hybridized carbons (Fsp3) is 0.727. The number of hydrogen-bond donors (Lipinski definition) is 0. The molecule has 0 spiro atoms. The normalized spacial score (nSPS) is 13.6. The number of nitrogens with zero attached hydrogens (tertiary/aromatic N) is 1. The van der Waals surface area contributed by atoms with Crippen molar-refractivity contribution in [2.24, 2.45) is 0 Å². The van der Waals surface area contributed by atoms with Crippen molar-refractivity contribution in [3.05, 3.63) is 17.5 Å². The van der Waals surface area contributed by atoms with Crippen molar-refractivity contribution in [1.29, 1.82) is 0 Å². The van der Waals surface area contributed by atoms with E-state index in [-0.39, 0.29) is 0 Å². The second-order valence-corrected chi connectivity index (χ2v) is 4.00. The predicted octanol–water partition coefficient (Wildman–Crippen LogP) is 3.70. The molecule has 0 aliphatic heterocycles. The number of aromatic nitrogens is 1. The Morgan fingerprint density at radius 2 is 2.08 bits per heavy atom. The molecule has 0 saturated heterocycles. The van der Waals surface area contributed by atoms with E-state index in [1.54, 1.807) is 0 Å². The molecule has 0 aliphatic rings. The zero-order valence-electron chi connectivity index (χ0n) is 9.00. The van der Waals surface area contributed by atoms with Gasteiger partial charge < -0.3 is 4.52 Å². The van der Waals surface area contributed by atoms with Gasteiger partial charge in [-0.2, -0.15) is 0 Å². The fourth-order valence-corrected chi connectivity index (χ4v) is 1.39. The molecule has 1 rings (SSSR count). The van der Waals surface area contributed by atoms with Crippen molar-refractivity contribution >= 4 is 0 Å². The first-order valence-corrected chi connectivity index (χ1v) is 5.11. The van der Waals surface area contributed by atoms with E-state index >= 15 is 0 Å². The van der Waals surface area contributed by atoms with Gasteiger partial charge in [0.1, 0.15) is 5.76 Å². The molecular formula is C11H19NO. The first-order chi connectivity index (χ1) is 6.15. The van der Waals surface area contributed by atoms with Crippen LogP contribution in [0.2, 0.25) is 0 Å². The molecule has 2 heteroatoms. The van der Waals surface area contributed by atoms with Gasteiger partial charge in [0, 0.05) is 17.9 Å². The molecule has 1 heterocycles. The molecule has 0 radical (unpaired) electrons. The largest absolute Gasteiger partial charge is 0.361 e. The molecule has 74 valence electrons. The van der Waals surface area contributed by atoms with Gasteiger partial charge in [-0.15, -0.1) is 0 Å². The van der Waals surface area contributed by atoms with Crippen LogP contribution in [0.5, 0.6) is 0 Å². The molecular weight excluding hydrogens is 162 g/mol. The van der Waals surface area contributed by atoms with Gasteiger partial charge >= 0.3 is 0 Å². The average molecular weight is 181 g/mol. The van der Waals surface area contributed by atoms with Crippen LogP contribution in [-0.4, -0.2) is 5.16 Å². The van der Waals surface area contributed by atoms with Crippen molar-refractivity contribution in [1.82, 2.24) is 5.16 Å². The lowest BCUT2D eigenvalue weighted by Gasteiger charge is -2.03. The number of hydrogen-bond acceptors (Lipinski definition) is 2. The Morgan fingerprint density at radius 3 is 2.54 bits per heavy atom. The topological polar surface area (TPSA) is 26.0 Å². The Kier molecular flexibility index (Phi) is 3.52. The quantitative estimate of drug-likeness (QED) is 0.707. The summed E-state index contributed by atoms with van der Waals surface area (Å²) in [5.41, 5.74) is 1.10. The molecule has 1 atom stereocenters. The molecule has 0 aromatic carbocycles. The van der Waals surface area contributed by atoms with Crippen LogP contribution >= 0.6 is 0 Å². The van der Waals surface area contributed by atoms with Crippen LogP contribution in [0.4, 0.5) is 0 Å². The molecule has 0 saturated carbocycles. The maximum atomic E-state index is 5.24. The molecule has 0 amide bonds. The highest BCUT2D eigenvalue weighted by molar-refractivity contribution is 5.11. The molecule has 0 aliphatic carbocycles. The maximum absolute atomic E-state index is 5.24. The minimum absolute atomic E-state index is 0.440. The lowest BCUT2D eigenvalue weighted by Crippen LogP contribution is -1.92. The molecule has 1 aromatic rings. The van der Waals surface area contributed by atoms with E-state index in [0.29, 0.717) is 11.8 Å².